The number of hydrogen-bond donors (Lipinski definition) is 0. The van der Waals surface area contributed by atoms with Gasteiger partial charge in [0.2, 0.25) is 5.91 Å². The van der Waals surface area contributed by atoms with Gasteiger partial charge in [-0.2, -0.15) is 0 Å². The van der Waals surface area contributed by atoms with Crippen molar-refractivity contribution in [1.82, 2.24) is 9.88 Å². The fraction of sp³-hybridized carbons (Fsp3) is 0.400. The van der Waals surface area contributed by atoms with Crippen molar-refractivity contribution in [1.29, 1.82) is 0 Å². The van der Waals surface area contributed by atoms with Crippen molar-refractivity contribution in [2.45, 2.75) is 39.3 Å². The lowest BCUT2D eigenvalue weighted by molar-refractivity contribution is -0.133. The van der Waals surface area contributed by atoms with Crippen LogP contribution in [0.5, 0.6) is 0 Å². The average Bonchev–Trinajstić information content (AvgIpc) is 2.96. The van der Waals surface area contributed by atoms with E-state index in [9.17, 15) is 13.2 Å². The van der Waals surface area contributed by atoms with Crippen LogP contribution in [0.4, 0.5) is 0 Å². The molecule has 1 aliphatic rings. The molecule has 1 fully saturated rings. The van der Waals surface area contributed by atoms with E-state index in [0.29, 0.717) is 13.0 Å². The number of benzene rings is 1. The molecule has 1 amide bonds. The van der Waals surface area contributed by atoms with Gasteiger partial charge in [0, 0.05) is 25.0 Å². The summed E-state index contributed by atoms with van der Waals surface area (Å²) in [6, 6.07) is 9.46. The topological polar surface area (TPSA) is 67.3 Å². The zero-order valence-electron chi connectivity index (χ0n) is 15.2. The Labute approximate surface area is 155 Å². The average molecular weight is 372 g/mol. The molecule has 0 unspecified atom stereocenters. The Bertz CT molecular complexity index is 874. The number of pyridine rings is 1. The summed E-state index contributed by atoms with van der Waals surface area (Å²) < 4.78 is 23.9. The number of hydrogen-bond acceptors (Lipinski definition) is 4. The summed E-state index contributed by atoms with van der Waals surface area (Å²) in [7, 11) is -3.06. The van der Waals surface area contributed by atoms with E-state index in [0.717, 1.165) is 22.3 Å². The van der Waals surface area contributed by atoms with Gasteiger partial charge >= 0.3 is 0 Å². The summed E-state index contributed by atoms with van der Waals surface area (Å²) >= 11 is 0. The first kappa shape index (κ1) is 18.6. The quantitative estimate of drug-likeness (QED) is 0.809. The fourth-order valence-corrected chi connectivity index (χ4v) is 5.24. The van der Waals surface area contributed by atoms with Crippen molar-refractivity contribution in [2.24, 2.45) is 0 Å². The number of rotatable bonds is 5. The molecule has 1 aromatic heterocycles. The van der Waals surface area contributed by atoms with Gasteiger partial charge in [0.05, 0.1) is 17.9 Å². The van der Waals surface area contributed by atoms with Crippen LogP contribution in [0.3, 0.4) is 0 Å². The molecule has 0 spiro atoms. The van der Waals surface area contributed by atoms with Crippen LogP contribution >= 0.6 is 0 Å². The van der Waals surface area contributed by atoms with Crippen molar-refractivity contribution in [2.75, 3.05) is 11.5 Å². The van der Waals surface area contributed by atoms with Crippen molar-refractivity contribution < 1.29 is 13.2 Å². The van der Waals surface area contributed by atoms with Crippen LogP contribution in [-0.2, 0) is 27.6 Å². The number of amides is 1. The van der Waals surface area contributed by atoms with E-state index in [2.05, 4.69) is 4.98 Å². The van der Waals surface area contributed by atoms with Crippen molar-refractivity contribution in [3.63, 3.8) is 0 Å². The first-order chi connectivity index (χ1) is 12.4. The molecule has 3 rings (SSSR count). The van der Waals surface area contributed by atoms with Crippen LogP contribution in [0.25, 0.3) is 0 Å². The molecule has 0 aliphatic carbocycles. The van der Waals surface area contributed by atoms with E-state index in [1.807, 2.05) is 44.2 Å². The molecule has 6 heteroatoms. The lowest BCUT2D eigenvalue weighted by Crippen LogP contribution is -2.41. The molecular weight excluding hydrogens is 348 g/mol. The second kappa shape index (κ2) is 7.58. The number of carbonyl (C=O) groups excluding carboxylic acids is 1. The molecule has 0 saturated carbocycles. The predicted octanol–water partition coefficient (Wildman–Crippen LogP) is 2.46. The third-order valence-electron chi connectivity index (χ3n) is 5.02. The molecule has 26 heavy (non-hydrogen) atoms. The van der Waals surface area contributed by atoms with Gasteiger partial charge in [-0.3, -0.25) is 9.78 Å². The summed E-state index contributed by atoms with van der Waals surface area (Å²) in [6.45, 7) is 4.39. The summed E-state index contributed by atoms with van der Waals surface area (Å²) in [4.78, 5) is 19.0. The Kier molecular flexibility index (Phi) is 5.41. The minimum atomic E-state index is -3.06. The highest BCUT2D eigenvalue weighted by atomic mass is 32.2. The number of carbonyl (C=O) groups is 1. The Morgan fingerprint density at radius 3 is 2.50 bits per heavy atom. The van der Waals surface area contributed by atoms with Gasteiger partial charge in [-0.05, 0) is 48.6 Å². The molecule has 2 aromatic rings. The highest BCUT2D eigenvalue weighted by Gasteiger charge is 2.34. The molecule has 1 saturated heterocycles. The summed E-state index contributed by atoms with van der Waals surface area (Å²) in [6.07, 6.45) is 4.20. The van der Waals surface area contributed by atoms with Crippen LogP contribution in [-0.4, -0.2) is 41.8 Å². The van der Waals surface area contributed by atoms with Crippen molar-refractivity contribution >= 4 is 15.7 Å². The highest BCUT2D eigenvalue weighted by molar-refractivity contribution is 7.91. The third-order valence-corrected chi connectivity index (χ3v) is 6.77. The number of aryl methyl sites for hydroxylation is 2. The number of aromatic nitrogens is 1. The normalized spacial score (nSPS) is 18.6. The molecule has 2 heterocycles. The maximum absolute atomic E-state index is 13.1. The molecule has 1 aliphatic heterocycles. The SMILES string of the molecule is Cc1cccc(C)c1CC(=O)N(Cc1cccnc1)[C@H]1CCS(=O)(=O)C1. The maximum atomic E-state index is 13.1. The highest BCUT2D eigenvalue weighted by Crippen LogP contribution is 2.22. The molecule has 1 atom stereocenters. The van der Waals surface area contributed by atoms with Crippen LogP contribution < -0.4 is 0 Å². The largest absolute Gasteiger partial charge is 0.334 e. The number of nitrogens with zero attached hydrogens (tertiary/aromatic N) is 2. The van der Waals surface area contributed by atoms with E-state index < -0.39 is 9.84 Å². The number of sulfone groups is 1. The van der Waals surface area contributed by atoms with Gasteiger partial charge in [-0.15, -0.1) is 0 Å². The lowest BCUT2D eigenvalue weighted by atomic mass is 9.99. The van der Waals surface area contributed by atoms with Crippen LogP contribution in [0.15, 0.2) is 42.7 Å². The van der Waals surface area contributed by atoms with E-state index in [-0.39, 0.29) is 29.9 Å². The van der Waals surface area contributed by atoms with Gasteiger partial charge in [-0.1, -0.05) is 24.3 Å². The first-order valence-corrected chi connectivity index (χ1v) is 10.6. The molecule has 0 N–H and O–H groups in total. The second-order valence-electron chi connectivity index (χ2n) is 6.99. The fourth-order valence-electron chi connectivity index (χ4n) is 3.51. The Morgan fingerprint density at radius 1 is 1.19 bits per heavy atom. The molecule has 0 bridgehead atoms. The van der Waals surface area contributed by atoms with Gasteiger partial charge in [0.1, 0.15) is 0 Å². The minimum Gasteiger partial charge on any atom is -0.334 e. The predicted molar refractivity (Wildman–Crippen MR) is 101 cm³/mol. The van der Waals surface area contributed by atoms with E-state index >= 15 is 0 Å². The van der Waals surface area contributed by atoms with E-state index in [1.54, 1.807) is 17.3 Å². The van der Waals surface area contributed by atoms with E-state index in [1.165, 1.54) is 0 Å². The smallest absolute Gasteiger partial charge is 0.227 e. The van der Waals surface area contributed by atoms with Gasteiger partial charge in [0.25, 0.3) is 0 Å². The molecule has 138 valence electrons. The van der Waals surface area contributed by atoms with Crippen LogP contribution in [0.2, 0.25) is 0 Å². The Hall–Kier alpha value is -2.21. The van der Waals surface area contributed by atoms with Crippen LogP contribution in [0.1, 0.15) is 28.7 Å². The minimum absolute atomic E-state index is 0.0339. The van der Waals surface area contributed by atoms with Gasteiger partial charge in [0.15, 0.2) is 9.84 Å². The van der Waals surface area contributed by atoms with Gasteiger partial charge in [-0.25, -0.2) is 8.42 Å². The maximum Gasteiger partial charge on any atom is 0.227 e. The van der Waals surface area contributed by atoms with Gasteiger partial charge < -0.3 is 4.90 Å². The van der Waals surface area contributed by atoms with Crippen LogP contribution in [0, 0.1) is 13.8 Å². The molecule has 0 radical (unpaired) electrons. The second-order valence-corrected chi connectivity index (χ2v) is 9.22. The molecular formula is C20H24N2O3S. The third kappa shape index (κ3) is 4.30. The Morgan fingerprint density at radius 2 is 1.92 bits per heavy atom. The monoisotopic (exact) mass is 372 g/mol. The zero-order chi connectivity index (χ0) is 18.7. The summed E-state index contributed by atoms with van der Waals surface area (Å²) in [5.74, 6) is 0.164. The molecule has 1 aromatic carbocycles. The summed E-state index contributed by atoms with van der Waals surface area (Å²) in [5, 5.41) is 0. The van der Waals surface area contributed by atoms with Crippen molar-refractivity contribution in [3.8, 4) is 0 Å². The zero-order valence-corrected chi connectivity index (χ0v) is 16.0. The molecule has 5 nitrogen and oxygen atoms in total. The Balaban J connectivity index is 1.86. The first-order valence-electron chi connectivity index (χ1n) is 8.79. The standard InChI is InChI=1S/C20H24N2O3S/c1-15-5-3-6-16(2)19(15)11-20(23)22(13-17-7-4-9-21-12-17)18-8-10-26(24,25)14-18/h3-7,9,12,18H,8,10-11,13-14H2,1-2H3/t18-/m0/s1. The lowest BCUT2D eigenvalue weighted by Gasteiger charge is -2.29. The van der Waals surface area contributed by atoms with Crippen molar-refractivity contribution in [3.05, 3.63) is 65.0 Å². The van der Waals surface area contributed by atoms with E-state index in [4.69, 9.17) is 0 Å². The summed E-state index contributed by atoms with van der Waals surface area (Å²) in [5.41, 5.74) is 4.10.